The van der Waals surface area contributed by atoms with Gasteiger partial charge in [0.15, 0.2) is 6.61 Å². The number of hydrogen-bond donors (Lipinski definition) is 1. The average Bonchev–Trinajstić information content (AvgIpc) is 3.29. The van der Waals surface area contributed by atoms with Gasteiger partial charge in [0.2, 0.25) is 5.88 Å². The molecule has 0 saturated carbocycles. The van der Waals surface area contributed by atoms with Gasteiger partial charge in [0.25, 0.3) is 11.6 Å². The standard InChI is InChI=1S/C22H17BrClN5O6/c1-12-21(23)17(10-33-2)16(8-25)22(27-12)34-11-20(30)28-26-9-14-4-6-19(35-14)15-5-3-13(24)7-18(15)29(31)32/h3-7,9H,10-11H2,1-2H3,(H,28,30). The van der Waals surface area contributed by atoms with Crippen molar-refractivity contribution < 1.29 is 23.6 Å². The summed E-state index contributed by atoms with van der Waals surface area (Å²) in [6, 6.07) is 9.30. The van der Waals surface area contributed by atoms with E-state index in [2.05, 4.69) is 31.4 Å². The number of benzene rings is 1. The summed E-state index contributed by atoms with van der Waals surface area (Å²) in [5.41, 5.74) is 3.59. The summed E-state index contributed by atoms with van der Waals surface area (Å²) in [5, 5.41) is 24.8. The first-order valence-corrected chi connectivity index (χ1v) is 11.0. The zero-order valence-electron chi connectivity index (χ0n) is 18.4. The van der Waals surface area contributed by atoms with Gasteiger partial charge in [0.05, 0.1) is 29.0 Å². The van der Waals surface area contributed by atoms with E-state index in [1.807, 2.05) is 6.07 Å². The molecule has 0 aliphatic heterocycles. The lowest BCUT2D eigenvalue weighted by molar-refractivity contribution is -0.384. The maximum absolute atomic E-state index is 12.1. The number of furan rings is 1. The second kappa shape index (κ2) is 11.6. The molecule has 2 heterocycles. The van der Waals surface area contributed by atoms with E-state index >= 15 is 0 Å². The number of carbonyl (C=O) groups excluding carboxylic acids is 1. The summed E-state index contributed by atoms with van der Waals surface area (Å²) in [6.45, 7) is 1.43. The zero-order chi connectivity index (χ0) is 25.5. The van der Waals surface area contributed by atoms with Crippen molar-refractivity contribution in [3.63, 3.8) is 0 Å². The highest BCUT2D eigenvalue weighted by molar-refractivity contribution is 9.10. The normalized spacial score (nSPS) is 10.8. The summed E-state index contributed by atoms with van der Waals surface area (Å²) in [6.07, 6.45) is 1.22. The molecule has 0 spiro atoms. The van der Waals surface area contributed by atoms with E-state index in [1.165, 1.54) is 43.7 Å². The molecule has 0 aliphatic carbocycles. The van der Waals surface area contributed by atoms with E-state index in [0.717, 1.165) is 0 Å². The summed E-state index contributed by atoms with van der Waals surface area (Å²) >= 11 is 9.21. The number of halogens is 2. The Morgan fingerprint density at radius 2 is 2.20 bits per heavy atom. The van der Waals surface area contributed by atoms with Crippen LogP contribution in [0.2, 0.25) is 5.02 Å². The number of nitriles is 1. The van der Waals surface area contributed by atoms with Crippen LogP contribution >= 0.6 is 27.5 Å². The number of nitrogens with one attached hydrogen (secondary N) is 1. The number of rotatable bonds is 9. The Labute approximate surface area is 212 Å². The predicted molar refractivity (Wildman–Crippen MR) is 129 cm³/mol. The SMILES string of the molecule is COCc1c(Br)c(C)nc(OCC(=O)NN=Cc2ccc(-c3ccc(Cl)cc3[N+](=O)[O-])o2)c1C#N. The molecule has 0 bridgehead atoms. The molecule has 11 nitrogen and oxygen atoms in total. The molecule has 0 saturated heterocycles. The first-order chi connectivity index (χ1) is 16.7. The number of carbonyl (C=O) groups is 1. The number of hydrogen-bond acceptors (Lipinski definition) is 9. The van der Waals surface area contributed by atoms with Crippen molar-refractivity contribution in [2.45, 2.75) is 13.5 Å². The Bertz CT molecular complexity index is 1350. The number of nitro groups is 1. The molecular weight excluding hydrogens is 546 g/mol. The summed E-state index contributed by atoms with van der Waals surface area (Å²) in [5.74, 6) is -0.135. The Morgan fingerprint density at radius 1 is 1.43 bits per heavy atom. The third-order valence-electron chi connectivity index (χ3n) is 4.54. The smallest absolute Gasteiger partial charge is 0.281 e. The van der Waals surface area contributed by atoms with Gasteiger partial charge in [-0.25, -0.2) is 10.4 Å². The molecule has 2 aromatic heterocycles. The number of ether oxygens (including phenoxy) is 2. The zero-order valence-corrected chi connectivity index (χ0v) is 20.7. The molecule has 1 amide bonds. The highest BCUT2D eigenvalue weighted by atomic mass is 79.9. The monoisotopic (exact) mass is 561 g/mol. The topological polar surface area (TPSA) is 153 Å². The predicted octanol–water partition coefficient (Wildman–Crippen LogP) is 4.52. The van der Waals surface area contributed by atoms with E-state index in [1.54, 1.807) is 6.92 Å². The van der Waals surface area contributed by atoms with Crippen LogP contribution in [-0.4, -0.2) is 35.7 Å². The van der Waals surface area contributed by atoms with Crippen molar-refractivity contribution in [3.8, 4) is 23.3 Å². The van der Waals surface area contributed by atoms with E-state index in [0.29, 0.717) is 15.7 Å². The van der Waals surface area contributed by atoms with Gasteiger partial charge >= 0.3 is 0 Å². The molecule has 0 aliphatic rings. The van der Waals surface area contributed by atoms with Gasteiger partial charge in [0.1, 0.15) is 23.2 Å². The van der Waals surface area contributed by atoms with Crippen LogP contribution in [0.5, 0.6) is 5.88 Å². The van der Waals surface area contributed by atoms with Gasteiger partial charge in [-0.05, 0) is 47.1 Å². The van der Waals surface area contributed by atoms with Crippen molar-refractivity contribution in [3.05, 3.63) is 72.5 Å². The molecule has 0 atom stereocenters. The molecule has 0 unspecified atom stereocenters. The van der Waals surface area contributed by atoms with Crippen molar-refractivity contribution in [1.82, 2.24) is 10.4 Å². The molecule has 3 rings (SSSR count). The van der Waals surface area contributed by atoms with E-state index in [4.69, 9.17) is 25.5 Å². The first kappa shape index (κ1) is 25.8. The third kappa shape index (κ3) is 6.21. The van der Waals surface area contributed by atoms with Crippen LogP contribution in [0.3, 0.4) is 0 Å². The Morgan fingerprint density at radius 3 is 2.89 bits per heavy atom. The number of nitrogens with zero attached hydrogens (tertiary/aromatic N) is 4. The van der Waals surface area contributed by atoms with Crippen LogP contribution < -0.4 is 10.2 Å². The fraction of sp³-hybridized carbons (Fsp3) is 0.182. The number of amides is 1. The maximum Gasteiger partial charge on any atom is 0.281 e. The summed E-state index contributed by atoms with van der Waals surface area (Å²) in [4.78, 5) is 27.1. The largest absolute Gasteiger partial charge is 0.467 e. The Balaban J connectivity index is 1.65. The molecule has 13 heteroatoms. The molecule has 1 N–H and O–H groups in total. The number of aryl methyl sites for hydroxylation is 1. The lowest BCUT2D eigenvalue weighted by Gasteiger charge is -2.13. The quantitative estimate of drug-likeness (QED) is 0.227. The van der Waals surface area contributed by atoms with Crippen LogP contribution in [0.25, 0.3) is 11.3 Å². The van der Waals surface area contributed by atoms with E-state index < -0.39 is 17.4 Å². The fourth-order valence-corrected chi connectivity index (χ4v) is 3.55. The number of aromatic nitrogens is 1. The van der Waals surface area contributed by atoms with Gasteiger partial charge in [-0.2, -0.15) is 10.4 Å². The van der Waals surface area contributed by atoms with Crippen molar-refractivity contribution in [2.24, 2.45) is 5.10 Å². The minimum absolute atomic E-state index is 0.000357. The molecule has 180 valence electrons. The van der Waals surface area contributed by atoms with Crippen molar-refractivity contribution in [2.75, 3.05) is 13.7 Å². The minimum Gasteiger partial charge on any atom is -0.467 e. The summed E-state index contributed by atoms with van der Waals surface area (Å²) < 4.78 is 16.7. The molecule has 3 aromatic rings. The van der Waals surface area contributed by atoms with Gasteiger partial charge < -0.3 is 13.9 Å². The van der Waals surface area contributed by atoms with Crippen LogP contribution in [-0.2, 0) is 16.1 Å². The number of methoxy groups -OCH3 is 1. The molecule has 1 aromatic carbocycles. The molecular formula is C22H17BrClN5O6. The highest BCUT2D eigenvalue weighted by Crippen LogP contribution is 2.33. The Kier molecular flexibility index (Phi) is 8.53. The lowest BCUT2D eigenvalue weighted by Crippen LogP contribution is -2.25. The third-order valence-corrected chi connectivity index (χ3v) is 5.83. The van der Waals surface area contributed by atoms with Crippen LogP contribution in [0.15, 0.2) is 44.3 Å². The van der Waals surface area contributed by atoms with Crippen molar-refractivity contribution in [1.29, 1.82) is 5.26 Å². The molecule has 35 heavy (non-hydrogen) atoms. The highest BCUT2D eigenvalue weighted by Gasteiger charge is 2.20. The number of nitro benzene ring substituents is 1. The maximum atomic E-state index is 12.1. The summed E-state index contributed by atoms with van der Waals surface area (Å²) in [7, 11) is 1.49. The number of hydrazone groups is 1. The van der Waals surface area contributed by atoms with E-state index in [9.17, 15) is 20.2 Å². The van der Waals surface area contributed by atoms with E-state index in [-0.39, 0.29) is 45.8 Å². The minimum atomic E-state index is -0.610. The average molecular weight is 563 g/mol. The molecule has 0 radical (unpaired) electrons. The van der Waals surface area contributed by atoms with Crippen LogP contribution in [0.4, 0.5) is 5.69 Å². The van der Waals surface area contributed by atoms with Gasteiger partial charge in [0, 0.05) is 28.2 Å². The second-order valence-corrected chi connectivity index (χ2v) is 8.15. The second-order valence-electron chi connectivity index (χ2n) is 6.92. The van der Waals surface area contributed by atoms with Gasteiger partial charge in [-0.3, -0.25) is 14.9 Å². The fourth-order valence-electron chi connectivity index (χ4n) is 2.98. The molecule has 0 fully saturated rings. The first-order valence-electron chi connectivity index (χ1n) is 9.82. The van der Waals surface area contributed by atoms with Crippen molar-refractivity contribution >= 4 is 45.3 Å². The van der Waals surface area contributed by atoms with Crippen LogP contribution in [0, 0.1) is 28.4 Å². The lowest BCUT2D eigenvalue weighted by atomic mass is 10.1. The van der Waals surface area contributed by atoms with Crippen LogP contribution in [0.1, 0.15) is 22.6 Å². The van der Waals surface area contributed by atoms with Gasteiger partial charge in [-0.1, -0.05) is 11.6 Å². The van der Waals surface area contributed by atoms with Gasteiger partial charge in [-0.15, -0.1) is 0 Å². The number of pyridine rings is 1. The Hall–Kier alpha value is -3.79.